The van der Waals surface area contributed by atoms with Crippen molar-refractivity contribution in [2.24, 2.45) is 33.5 Å². The van der Waals surface area contributed by atoms with E-state index in [1.54, 1.807) is 6.92 Å². The molecule has 28 atom stereocenters. The van der Waals surface area contributed by atoms with Gasteiger partial charge in [-0.1, -0.05) is 25.5 Å². The van der Waals surface area contributed by atoms with E-state index in [2.05, 4.69) is 13.5 Å². The molecule has 14 N–H and O–H groups in total. The van der Waals surface area contributed by atoms with Crippen molar-refractivity contribution >= 4 is 5.97 Å². The van der Waals surface area contributed by atoms with Gasteiger partial charge in [0.1, 0.15) is 97.7 Å². The first-order valence-corrected chi connectivity index (χ1v) is 23.4. The van der Waals surface area contributed by atoms with Gasteiger partial charge in [-0.25, -0.2) is 0 Å². The summed E-state index contributed by atoms with van der Waals surface area (Å²) in [6.45, 7) is 6.04. The third kappa shape index (κ3) is 7.61. The van der Waals surface area contributed by atoms with Gasteiger partial charge in [0.15, 0.2) is 18.9 Å². The fourth-order valence-corrected chi connectivity index (χ4v) is 14.3. The maximum absolute atomic E-state index is 14.5. The lowest BCUT2D eigenvalue weighted by atomic mass is 9.40. The standard InChI is InChI=1S/C44H68O23.14H2/c1-15-10-43-8-5-19-41(2,6-4-7-42(19,3)40(59)67-37-30(56)26(52)23(49)17(12-46)61-37)20(43)9-21-44(15,14-43)35(58)33-28(54)27(53)31(57)38(65-33)66-34-32(24(50)18(13-47)62-39(34)63-21)64-36-29(55)25(51)22(48)16(11-45)60-36;;;;;;;;;;;;;;/h16-39,45-58H,1,4-14H2,2-3H3;14*1H/t16-,17-,18-,19+,20?,21?,22-,23-,24-,25+,26+,27+,28+,29-,30-,31-,32?,33+,34-,35?,36+,37?,38+,39+,41-,42-,43?,44?;;;;;;;;;;;;;;/m1............../s1. The zero-order chi connectivity index (χ0) is 48.4. The van der Waals surface area contributed by atoms with Crippen LogP contribution < -0.4 is 0 Å². The van der Waals surface area contributed by atoms with Gasteiger partial charge < -0.3 is 109 Å². The lowest BCUT2D eigenvalue weighted by Crippen LogP contribution is -2.71. The van der Waals surface area contributed by atoms with Crippen LogP contribution in [0.2, 0.25) is 0 Å². The highest BCUT2D eigenvalue weighted by atomic mass is 16.8. The SMILES string of the molecule is C=C1CC23CC[C@@H]4[C@](C)(C(=O)OC5O[C@H](CO)[C@@H](O)[C@H](O)[C@H]5O)CCC[C@@]4(C)C2CC2O[C@@H]4O[C@H](CO)[C@@H](O)C(O[C@@H]5O[C@H](CO)[C@@H](O)[C@H](O)[C@H]5O)[C@H]4O[C@@H]4O[C@H](C(O)C12C3)[C@@H](O)[C@H](O)[C@H]4O.[HH].[HH].[HH].[HH].[HH].[HH].[HH].[HH].[HH].[HH].[HH].[HH].[HH].[HH]. The Bertz CT molecular complexity index is 1880. The zero-order valence-corrected chi connectivity index (χ0v) is 37.3. The highest BCUT2D eigenvalue weighted by molar-refractivity contribution is 5.77. The number of carbonyl (C=O) groups excluding carboxylic acids is 1. The molecule has 410 valence electrons. The van der Waals surface area contributed by atoms with Crippen LogP contribution in [0.3, 0.4) is 0 Å². The normalized spacial score (nSPS) is 57.6. The zero-order valence-electron chi connectivity index (χ0n) is 37.3. The van der Waals surface area contributed by atoms with Crippen LogP contribution >= 0.6 is 0 Å². The smallest absolute Gasteiger partial charge is 0.314 e. The van der Waals surface area contributed by atoms with Crippen molar-refractivity contribution in [2.45, 2.75) is 200 Å². The second-order valence-corrected chi connectivity index (χ2v) is 21.2. The van der Waals surface area contributed by atoms with Crippen LogP contribution in [0.1, 0.15) is 85.2 Å². The minimum Gasteiger partial charge on any atom is -0.432 e. The minimum atomic E-state index is -1.97. The first-order valence-electron chi connectivity index (χ1n) is 23.4. The third-order valence-electron chi connectivity index (χ3n) is 17.8. The fraction of sp³-hybridized carbons (Fsp3) is 0.932. The molecule has 9 fully saturated rings. The largest absolute Gasteiger partial charge is 0.432 e. The van der Waals surface area contributed by atoms with Crippen molar-refractivity contribution in [3.63, 3.8) is 0 Å². The monoisotopic (exact) mass is 993 g/mol. The molecule has 23 nitrogen and oxygen atoms in total. The average molecular weight is 993 g/mol. The van der Waals surface area contributed by atoms with Crippen molar-refractivity contribution in [1.29, 1.82) is 0 Å². The molecule has 67 heavy (non-hydrogen) atoms. The van der Waals surface area contributed by atoms with Crippen LogP contribution in [0, 0.1) is 33.5 Å². The average Bonchev–Trinajstić information content (AvgIpc) is 3.55. The Morgan fingerprint density at radius 2 is 1.22 bits per heavy atom. The maximum Gasteiger partial charge on any atom is 0.314 e. The van der Waals surface area contributed by atoms with E-state index < -0.39 is 182 Å². The number of esters is 1. The predicted molar refractivity (Wildman–Crippen MR) is 246 cm³/mol. The van der Waals surface area contributed by atoms with E-state index in [1.165, 1.54) is 0 Å². The molecule has 5 saturated heterocycles. The predicted octanol–water partition coefficient (Wildman–Crippen LogP) is -2.06. The molecule has 0 aromatic rings. The van der Waals surface area contributed by atoms with Crippen LogP contribution in [0.25, 0.3) is 0 Å². The molecule has 4 aliphatic carbocycles. The van der Waals surface area contributed by atoms with E-state index in [1.807, 2.05) is 0 Å². The summed E-state index contributed by atoms with van der Waals surface area (Å²) in [7, 11) is 0. The van der Waals surface area contributed by atoms with E-state index in [4.69, 9.17) is 37.9 Å². The van der Waals surface area contributed by atoms with Crippen molar-refractivity contribution in [1.82, 2.24) is 0 Å². The summed E-state index contributed by atoms with van der Waals surface area (Å²) >= 11 is 0. The molecule has 5 aliphatic heterocycles. The lowest BCUT2D eigenvalue weighted by Gasteiger charge is -2.66. The van der Waals surface area contributed by atoms with Crippen LogP contribution in [0.15, 0.2) is 12.2 Å². The van der Waals surface area contributed by atoms with Crippen LogP contribution in [0.4, 0.5) is 0 Å². The molecule has 5 heterocycles. The summed E-state index contributed by atoms with van der Waals surface area (Å²) in [5.74, 6) is -1.35. The van der Waals surface area contributed by atoms with Gasteiger partial charge in [0, 0.05) is 25.4 Å². The van der Waals surface area contributed by atoms with Gasteiger partial charge in [-0.15, -0.1) is 0 Å². The van der Waals surface area contributed by atoms with Gasteiger partial charge in [0.05, 0.1) is 37.4 Å². The van der Waals surface area contributed by atoms with Gasteiger partial charge in [-0.2, -0.15) is 0 Å². The van der Waals surface area contributed by atoms with Gasteiger partial charge in [0.25, 0.3) is 0 Å². The lowest BCUT2D eigenvalue weighted by molar-refractivity contribution is -0.411. The van der Waals surface area contributed by atoms with Gasteiger partial charge >= 0.3 is 5.97 Å². The highest BCUT2D eigenvalue weighted by Crippen LogP contribution is 2.76. The van der Waals surface area contributed by atoms with Gasteiger partial charge in [-0.05, 0) is 74.5 Å². The van der Waals surface area contributed by atoms with Crippen LogP contribution in [-0.4, -0.2) is 232 Å². The molecule has 9 aliphatic rings. The van der Waals surface area contributed by atoms with Crippen molar-refractivity contribution in [3.05, 3.63) is 12.2 Å². The Balaban J connectivity index is -0.00000100. The molecule has 7 unspecified atom stereocenters. The first-order chi connectivity index (χ1) is 31.6. The summed E-state index contributed by atoms with van der Waals surface area (Å²) in [5, 5.41) is 152. The molecule has 23 heteroatoms. The topological polar surface area (TPSA) is 374 Å². The molecule has 2 spiro atoms. The molecule has 0 aromatic carbocycles. The Kier molecular flexibility index (Phi) is 13.6. The second-order valence-electron chi connectivity index (χ2n) is 21.2. The number of aliphatic hydroxyl groups is 14. The second kappa shape index (κ2) is 18.1. The van der Waals surface area contributed by atoms with Crippen LogP contribution in [-0.2, 0) is 42.7 Å². The Hall–Kier alpha value is -1.63. The number of rotatable bonds is 7. The van der Waals surface area contributed by atoms with E-state index in [9.17, 15) is 76.3 Å². The summed E-state index contributed by atoms with van der Waals surface area (Å²) in [5.41, 5.74) is -3.32. The van der Waals surface area contributed by atoms with Crippen LogP contribution in [0.5, 0.6) is 0 Å². The number of fused-ring (bicyclic) bond motifs is 5. The minimum absolute atomic E-state index is 0. The molecule has 0 radical (unpaired) electrons. The molecular weight excluding hydrogens is 896 g/mol. The summed E-state index contributed by atoms with van der Waals surface area (Å²) < 4.78 is 48.8. The molecule has 4 bridgehead atoms. The van der Waals surface area contributed by atoms with Gasteiger partial charge in [-0.3, -0.25) is 4.79 Å². The Morgan fingerprint density at radius 3 is 1.87 bits per heavy atom. The quantitative estimate of drug-likeness (QED) is 0.0741. The van der Waals surface area contributed by atoms with Crippen molar-refractivity contribution in [3.8, 4) is 0 Å². The number of ether oxygens (including phenoxy) is 8. The number of hydrogen-bond acceptors (Lipinski definition) is 23. The Labute approximate surface area is 406 Å². The summed E-state index contributed by atoms with van der Waals surface area (Å²) in [6.07, 6.45) is -34.2. The van der Waals surface area contributed by atoms with Crippen molar-refractivity contribution < 1.29 is 134 Å². The number of carbonyl (C=O) groups is 1. The molecule has 9 rings (SSSR count). The molecule has 0 aromatic heterocycles. The number of hydrogen-bond donors (Lipinski definition) is 14. The molecule has 0 amide bonds. The van der Waals surface area contributed by atoms with E-state index in [0.29, 0.717) is 44.1 Å². The first kappa shape index (κ1) is 50.3. The fourth-order valence-electron chi connectivity index (χ4n) is 14.3. The highest BCUT2D eigenvalue weighted by Gasteiger charge is 2.74. The summed E-state index contributed by atoms with van der Waals surface area (Å²) in [4.78, 5) is 14.5. The van der Waals surface area contributed by atoms with Gasteiger partial charge in [0.2, 0.25) is 6.29 Å². The van der Waals surface area contributed by atoms with Crippen molar-refractivity contribution in [2.75, 3.05) is 19.8 Å². The number of aliphatic hydroxyl groups excluding tert-OH is 14. The van der Waals surface area contributed by atoms with E-state index in [-0.39, 0.29) is 44.7 Å². The Morgan fingerprint density at radius 1 is 0.642 bits per heavy atom. The molecular formula is C44H96O23. The van der Waals surface area contributed by atoms with E-state index in [0.717, 1.165) is 0 Å². The summed E-state index contributed by atoms with van der Waals surface area (Å²) in [6, 6.07) is 0. The molecule has 4 saturated carbocycles. The maximum atomic E-state index is 14.5. The van der Waals surface area contributed by atoms with E-state index >= 15 is 0 Å². The third-order valence-corrected chi connectivity index (χ3v) is 17.8.